The molecule has 20 heavy (non-hydrogen) atoms. The standard InChI is InChI=1S/C16H18O4/c1-12(2)7-9-18-8-3-4-14(17)13-5-6-15-16(10-13)20-11-19-15/h5-7,10,14,17H,8-9,11H2,1-2H3. The van der Waals surface area contributed by atoms with Crippen molar-refractivity contribution in [3.05, 3.63) is 35.4 Å². The van der Waals surface area contributed by atoms with Crippen LogP contribution in [0.3, 0.4) is 0 Å². The quantitative estimate of drug-likeness (QED) is 0.520. The molecule has 1 N–H and O–H groups in total. The van der Waals surface area contributed by atoms with E-state index in [2.05, 4.69) is 11.8 Å². The van der Waals surface area contributed by atoms with E-state index < -0.39 is 6.10 Å². The molecule has 1 atom stereocenters. The molecule has 1 aliphatic heterocycles. The monoisotopic (exact) mass is 274 g/mol. The van der Waals surface area contributed by atoms with Gasteiger partial charge in [-0.2, -0.15) is 0 Å². The van der Waals surface area contributed by atoms with Crippen LogP contribution in [0.25, 0.3) is 0 Å². The van der Waals surface area contributed by atoms with Gasteiger partial charge in [0, 0.05) is 0 Å². The number of rotatable bonds is 4. The van der Waals surface area contributed by atoms with Gasteiger partial charge >= 0.3 is 0 Å². The summed E-state index contributed by atoms with van der Waals surface area (Å²) in [4.78, 5) is 0. The van der Waals surface area contributed by atoms with Crippen LogP contribution in [0.1, 0.15) is 25.5 Å². The smallest absolute Gasteiger partial charge is 0.231 e. The number of fused-ring (bicyclic) bond motifs is 1. The zero-order valence-electron chi connectivity index (χ0n) is 11.7. The molecule has 4 heteroatoms. The number of aliphatic hydroxyl groups excluding tert-OH is 1. The van der Waals surface area contributed by atoms with E-state index in [1.165, 1.54) is 5.57 Å². The predicted octanol–water partition coefficient (Wildman–Crippen LogP) is 2.43. The van der Waals surface area contributed by atoms with Crippen molar-refractivity contribution in [2.45, 2.75) is 20.0 Å². The van der Waals surface area contributed by atoms with Gasteiger partial charge in [-0.15, -0.1) is 0 Å². The lowest BCUT2D eigenvalue weighted by Gasteiger charge is -2.04. The van der Waals surface area contributed by atoms with Crippen LogP contribution in [0.4, 0.5) is 0 Å². The summed E-state index contributed by atoms with van der Waals surface area (Å²) in [5.74, 6) is 6.88. The first-order valence-electron chi connectivity index (χ1n) is 6.44. The highest BCUT2D eigenvalue weighted by Crippen LogP contribution is 2.33. The van der Waals surface area contributed by atoms with Crippen molar-refractivity contribution < 1.29 is 19.3 Å². The largest absolute Gasteiger partial charge is 0.454 e. The Morgan fingerprint density at radius 1 is 1.40 bits per heavy atom. The number of hydrogen-bond donors (Lipinski definition) is 1. The first kappa shape index (κ1) is 14.4. The van der Waals surface area contributed by atoms with E-state index in [1.807, 2.05) is 19.9 Å². The molecule has 0 spiro atoms. The zero-order chi connectivity index (χ0) is 14.4. The zero-order valence-corrected chi connectivity index (χ0v) is 11.7. The van der Waals surface area contributed by atoms with Crippen molar-refractivity contribution in [2.24, 2.45) is 0 Å². The van der Waals surface area contributed by atoms with Crippen LogP contribution >= 0.6 is 0 Å². The molecule has 0 aromatic heterocycles. The summed E-state index contributed by atoms with van der Waals surface area (Å²) in [6.45, 7) is 5.08. The van der Waals surface area contributed by atoms with E-state index in [1.54, 1.807) is 18.2 Å². The van der Waals surface area contributed by atoms with Gasteiger partial charge in [-0.25, -0.2) is 0 Å². The van der Waals surface area contributed by atoms with Crippen LogP contribution in [0.15, 0.2) is 29.8 Å². The SMILES string of the molecule is CC(C)=CCOCC#CC(O)c1ccc2c(c1)OCO2. The first-order chi connectivity index (χ1) is 9.66. The van der Waals surface area contributed by atoms with Gasteiger partial charge in [0.2, 0.25) is 6.79 Å². The molecular formula is C16H18O4. The second-order valence-corrected chi connectivity index (χ2v) is 4.63. The molecule has 1 heterocycles. The Morgan fingerprint density at radius 3 is 3.00 bits per heavy atom. The minimum Gasteiger partial charge on any atom is -0.454 e. The summed E-state index contributed by atoms with van der Waals surface area (Å²) in [6.07, 6.45) is 1.13. The molecule has 1 aromatic carbocycles. The van der Waals surface area contributed by atoms with Gasteiger partial charge < -0.3 is 19.3 Å². The van der Waals surface area contributed by atoms with Crippen LogP contribution < -0.4 is 9.47 Å². The van der Waals surface area contributed by atoms with Crippen molar-refractivity contribution in [1.82, 2.24) is 0 Å². The summed E-state index contributed by atoms with van der Waals surface area (Å²) < 4.78 is 15.8. The maximum atomic E-state index is 9.96. The predicted molar refractivity (Wildman–Crippen MR) is 75.6 cm³/mol. The number of allylic oxidation sites excluding steroid dienone is 1. The minimum absolute atomic E-state index is 0.221. The van der Waals surface area contributed by atoms with Crippen LogP contribution in [0.2, 0.25) is 0 Å². The minimum atomic E-state index is -0.850. The van der Waals surface area contributed by atoms with Gasteiger partial charge in [-0.3, -0.25) is 0 Å². The number of hydrogen-bond acceptors (Lipinski definition) is 4. The van der Waals surface area contributed by atoms with Crippen molar-refractivity contribution in [3.63, 3.8) is 0 Å². The lowest BCUT2D eigenvalue weighted by molar-refractivity contribution is 0.173. The number of aliphatic hydroxyl groups is 1. The molecule has 2 rings (SSSR count). The molecule has 4 nitrogen and oxygen atoms in total. The van der Waals surface area contributed by atoms with Crippen molar-refractivity contribution in [1.29, 1.82) is 0 Å². The number of benzene rings is 1. The Morgan fingerprint density at radius 2 is 2.20 bits per heavy atom. The summed E-state index contributed by atoms with van der Waals surface area (Å²) in [5.41, 5.74) is 1.89. The summed E-state index contributed by atoms with van der Waals surface area (Å²) in [6, 6.07) is 5.29. The lowest BCUT2D eigenvalue weighted by Crippen LogP contribution is -1.96. The van der Waals surface area contributed by atoms with E-state index in [9.17, 15) is 5.11 Å². The van der Waals surface area contributed by atoms with Gasteiger partial charge in [0.05, 0.1) is 6.61 Å². The molecule has 1 aliphatic rings. The Labute approximate surface area is 119 Å². The summed E-state index contributed by atoms with van der Waals surface area (Å²) in [5, 5.41) is 9.96. The molecule has 0 saturated carbocycles. The van der Waals surface area contributed by atoms with Crippen molar-refractivity contribution in [3.8, 4) is 23.3 Å². The first-order valence-corrected chi connectivity index (χ1v) is 6.44. The second kappa shape index (κ2) is 6.99. The van der Waals surface area contributed by atoms with Gasteiger partial charge in [-0.1, -0.05) is 29.6 Å². The summed E-state index contributed by atoms with van der Waals surface area (Å²) in [7, 11) is 0. The Hall–Kier alpha value is -1.96. The Balaban J connectivity index is 1.86. The fourth-order valence-corrected chi connectivity index (χ4v) is 1.64. The topological polar surface area (TPSA) is 47.9 Å². The van der Waals surface area contributed by atoms with Gasteiger partial charge in [0.15, 0.2) is 11.5 Å². The van der Waals surface area contributed by atoms with Crippen LogP contribution in [-0.2, 0) is 4.74 Å². The van der Waals surface area contributed by atoms with Gasteiger partial charge in [0.1, 0.15) is 12.7 Å². The fraction of sp³-hybridized carbons (Fsp3) is 0.375. The van der Waals surface area contributed by atoms with Crippen LogP contribution in [0, 0.1) is 11.8 Å². The maximum absolute atomic E-state index is 9.96. The van der Waals surface area contributed by atoms with E-state index >= 15 is 0 Å². The molecule has 1 unspecified atom stereocenters. The molecule has 0 bridgehead atoms. The molecule has 0 saturated heterocycles. The third-order valence-corrected chi connectivity index (χ3v) is 2.73. The maximum Gasteiger partial charge on any atom is 0.231 e. The lowest BCUT2D eigenvalue weighted by atomic mass is 10.1. The fourth-order valence-electron chi connectivity index (χ4n) is 1.64. The number of ether oxygens (including phenoxy) is 3. The molecular weight excluding hydrogens is 256 g/mol. The van der Waals surface area contributed by atoms with E-state index in [-0.39, 0.29) is 6.79 Å². The van der Waals surface area contributed by atoms with E-state index in [0.717, 1.165) is 0 Å². The Kier molecular flexibility index (Phi) is 5.05. The highest BCUT2D eigenvalue weighted by Gasteiger charge is 2.15. The highest BCUT2D eigenvalue weighted by molar-refractivity contribution is 5.46. The van der Waals surface area contributed by atoms with Crippen LogP contribution in [-0.4, -0.2) is 25.1 Å². The van der Waals surface area contributed by atoms with Crippen molar-refractivity contribution in [2.75, 3.05) is 20.0 Å². The molecule has 1 aromatic rings. The third kappa shape index (κ3) is 4.02. The highest BCUT2D eigenvalue weighted by atomic mass is 16.7. The molecule has 0 amide bonds. The van der Waals surface area contributed by atoms with Crippen molar-refractivity contribution >= 4 is 0 Å². The normalized spacial score (nSPS) is 13.3. The molecule has 0 fully saturated rings. The molecule has 0 radical (unpaired) electrons. The van der Waals surface area contributed by atoms with Crippen LogP contribution in [0.5, 0.6) is 11.5 Å². The van der Waals surface area contributed by atoms with Gasteiger partial charge in [-0.05, 0) is 31.5 Å². The summed E-state index contributed by atoms with van der Waals surface area (Å²) >= 11 is 0. The second-order valence-electron chi connectivity index (χ2n) is 4.63. The van der Waals surface area contributed by atoms with E-state index in [0.29, 0.717) is 30.3 Å². The van der Waals surface area contributed by atoms with E-state index in [4.69, 9.17) is 14.2 Å². The molecule has 0 aliphatic carbocycles. The molecule has 106 valence electrons. The Bertz CT molecular complexity index is 547. The average Bonchev–Trinajstić information content (AvgIpc) is 2.89. The third-order valence-electron chi connectivity index (χ3n) is 2.73. The van der Waals surface area contributed by atoms with Gasteiger partial charge in [0.25, 0.3) is 0 Å². The average molecular weight is 274 g/mol.